The smallest absolute Gasteiger partial charge is 0.194 e. The summed E-state index contributed by atoms with van der Waals surface area (Å²) in [6, 6.07) is 4.74. The molecule has 22 heavy (non-hydrogen) atoms. The van der Waals surface area contributed by atoms with E-state index >= 15 is 0 Å². The molecule has 0 saturated heterocycles. The highest BCUT2D eigenvalue weighted by atomic mass is 16.3. The molecule has 0 atom stereocenters. The van der Waals surface area contributed by atoms with Gasteiger partial charge in [0, 0.05) is 22.3 Å². The fraction of sp³-hybridized carbons (Fsp3) is 0. The molecule has 0 N–H and O–H groups in total. The summed E-state index contributed by atoms with van der Waals surface area (Å²) in [7, 11) is 0. The molecule has 0 aliphatic heterocycles. The zero-order chi connectivity index (χ0) is 15.9. The van der Waals surface area contributed by atoms with Crippen molar-refractivity contribution in [1.82, 2.24) is 0 Å². The van der Waals surface area contributed by atoms with E-state index in [4.69, 9.17) is 0 Å². The Balaban J connectivity index is 2.49. The molecule has 9 nitrogen and oxygen atoms in total. The van der Waals surface area contributed by atoms with Crippen LogP contribution < -0.4 is 0 Å². The molecule has 0 saturated carbocycles. The molecule has 0 radical (unpaired) electrons. The monoisotopic (exact) mass is 296 g/mol. The van der Waals surface area contributed by atoms with E-state index in [-0.39, 0.29) is 45.0 Å². The SMILES string of the molecule is O=Nc1cc(N=O)c2c(c1)C(=O)c1ccc(N=O)c(N=O)c1-2. The van der Waals surface area contributed by atoms with Crippen molar-refractivity contribution < 1.29 is 4.79 Å². The van der Waals surface area contributed by atoms with Gasteiger partial charge in [-0.1, -0.05) is 0 Å². The number of hydrogen-bond acceptors (Lipinski definition) is 9. The van der Waals surface area contributed by atoms with Crippen LogP contribution in [0.15, 0.2) is 45.0 Å². The van der Waals surface area contributed by atoms with Crippen LogP contribution in [-0.4, -0.2) is 5.78 Å². The van der Waals surface area contributed by atoms with Gasteiger partial charge < -0.3 is 0 Å². The Labute approximate surface area is 121 Å². The van der Waals surface area contributed by atoms with E-state index < -0.39 is 5.78 Å². The van der Waals surface area contributed by atoms with Crippen LogP contribution in [0.3, 0.4) is 0 Å². The van der Waals surface area contributed by atoms with E-state index in [0.29, 0.717) is 0 Å². The topological polar surface area (TPSA) is 135 Å². The summed E-state index contributed by atoms with van der Waals surface area (Å²) in [6.45, 7) is 0. The molecule has 0 bridgehead atoms. The lowest BCUT2D eigenvalue weighted by atomic mass is 10.0. The number of nitrogens with zero attached hydrogens (tertiary/aromatic N) is 4. The van der Waals surface area contributed by atoms with Gasteiger partial charge >= 0.3 is 0 Å². The molecule has 0 spiro atoms. The number of ketones is 1. The predicted molar refractivity (Wildman–Crippen MR) is 77.1 cm³/mol. The van der Waals surface area contributed by atoms with Gasteiger partial charge in [-0.25, -0.2) is 0 Å². The average Bonchev–Trinajstić information content (AvgIpc) is 2.86. The van der Waals surface area contributed by atoms with Crippen LogP contribution in [0.2, 0.25) is 0 Å². The minimum Gasteiger partial charge on any atom is -0.289 e. The standard InChI is InChI=1S/C13H4N4O5/c18-13-6-1-2-8(15-20)12(17-22)11(6)10-7(13)3-5(14-19)4-9(10)16-21/h1-4H. The molecule has 2 aromatic carbocycles. The third-order valence-electron chi connectivity index (χ3n) is 3.39. The Morgan fingerprint density at radius 2 is 1.41 bits per heavy atom. The predicted octanol–water partition coefficient (Wildman–Crippen LogP) is 4.49. The van der Waals surface area contributed by atoms with Gasteiger partial charge in [-0.3, -0.25) is 4.79 Å². The van der Waals surface area contributed by atoms with Crippen molar-refractivity contribution in [3.8, 4) is 11.1 Å². The Morgan fingerprint density at radius 1 is 0.682 bits per heavy atom. The fourth-order valence-corrected chi connectivity index (χ4v) is 2.51. The second kappa shape index (κ2) is 4.81. The van der Waals surface area contributed by atoms with E-state index in [2.05, 4.69) is 20.7 Å². The number of hydrogen-bond donors (Lipinski definition) is 0. The molecule has 3 rings (SSSR count). The number of carbonyl (C=O) groups excluding carboxylic acids is 1. The minimum atomic E-state index is -0.525. The molecule has 2 aromatic rings. The highest BCUT2D eigenvalue weighted by Crippen LogP contribution is 2.51. The summed E-state index contributed by atoms with van der Waals surface area (Å²) < 4.78 is 0. The van der Waals surface area contributed by atoms with E-state index in [0.717, 1.165) is 6.07 Å². The second-order valence-electron chi connectivity index (χ2n) is 4.44. The minimum absolute atomic E-state index is 0.00495. The van der Waals surface area contributed by atoms with Crippen LogP contribution in [0.1, 0.15) is 15.9 Å². The number of nitroso groups, excluding NO2 is 4. The molecular weight excluding hydrogens is 292 g/mol. The van der Waals surface area contributed by atoms with Crippen LogP contribution >= 0.6 is 0 Å². The molecule has 9 heteroatoms. The fourth-order valence-electron chi connectivity index (χ4n) is 2.51. The molecule has 1 aliphatic rings. The van der Waals surface area contributed by atoms with Crippen LogP contribution in [0.5, 0.6) is 0 Å². The molecule has 1 aliphatic carbocycles. The molecule has 0 heterocycles. The van der Waals surface area contributed by atoms with Crippen molar-refractivity contribution in [3.05, 3.63) is 55.0 Å². The molecule has 0 unspecified atom stereocenters. The Kier molecular flexibility index (Phi) is 2.95. The van der Waals surface area contributed by atoms with Gasteiger partial charge in [0.25, 0.3) is 0 Å². The lowest BCUT2D eigenvalue weighted by molar-refractivity contribution is 0.104. The largest absolute Gasteiger partial charge is 0.289 e. The van der Waals surface area contributed by atoms with Crippen molar-refractivity contribution in [2.24, 2.45) is 20.7 Å². The van der Waals surface area contributed by atoms with Crippen LogP contribution in [0.25, 0.3) is 11.1 Å². The van der Waals surface area contributed by atoms with Gasteiger partial charge in [0.05, 0.1) is 0 Å². The zero-order valence-corrected chi connectivity index (χ0v) is 10.6. The normalized spacial score (nSPS) is 11.5. The van der Waals surface area contributed by atoms with Gasteiger partial charge in [0.15, 0.2) is 5.78 Å². The lowest BCUT2D eigenvalue weighted by Gasteiger charge is -2.05. The first-order valence-corrected chi connectivity index (χ1v) is 5.89. The number of fused-ring (bicyclic) bond motifs is 3. The van der Waals surface area contributed by atoms with Crippen molar-refractivity contribution in [2.75, 3.05) is 0 Å². The molecule has 0 amide bonds. The van der Waals surface area contributed by atoms with Gasteiger partial charge in [0.1, 0.15) is 22.7 Å². The first-order valence-electron chi connectivity index (χ1n) is 5.89. The van der Waals surface area contributed by atoms with Crippen molar-refractivity contribution in [3.63, 3.8) is 0 Å². The number of benzene rings is 2. The second-order valence-corrected chi connectivity index (χ2v) is 4.44. The maximum absolute atomic E-state index is 12.4. The third kappa shape index (κ3) is 1.62. The van der Waals surface area contributed by atoms with Crippen molar-refractivity contribution >= 4 is 28.5 Å². The summed E-state index contributed by atoms with van der Waals surface area (Å²) in [6.07, 6.45) is 0. The third-order valence-corrected chi connectivity index (χ3v) is 3.39. The number of rotatable bonds is 4. The Hall–Kier alpha value is -3.49. The summed E-state index contributed by atoms with van der Waals surface area (Å²) >= 11 is 0. The first kappa shape index (κ1) is 13.5. The van der Waals surface area contributed by atoms with E-state index in [1.165, 1.54) is 18.2 Å². The maximum atomic E-state index is 12.4. The highest BCUT2D eigenvalue weighted by molar-refractivity contribution is 6.26. The molecule has 0 aromatic heterocycles. The molecule has 0 fully saturated rings. The first-order chi connectivity index (χ1) is 10.7. The lowest BCUT2D eigenvalue weighted by Crippen LogP contribution is -1.94. The van der Waals surface area contributed by atoms with E-state index in [9.17, 15) is 24.4 Å². The van der Waals surface area contributed by atoms with Crippen LogP contribution in [-0.2, 0) is 0 Å². The quantitative estimate of drug-likeness (QED) is 0.653. The van der Waals surface area contributed by atoms with Gasteiger partial charge in [-0.2, -0.15) is 0 Å². The van der Waals surface area contributed by atoms with Gasteiger partial charge in [0.2, 0.25) is 0 Å². The Bertz CT molecular complexity index is 890. The summed E-state index contributed by atoms with van der Waals surface area (Å²) in [5.74, 6) is -0.525. The van der Waals surface area contributed by atoms with Crippen LogP contribution in [0, 0.1) is 19.6 Å². The van der Waals surface area contributed by atoms with Gasteiger partial charge in [-0.15, -0.1) is 19.6 Å². The average molecular weight is 296 g/mol. The number of carbonyl (C=O) groups is 1. The molecular formula is C13H4N4O5. The maximum Gasteiger partial charge on any atom is 0.194 e. The summed E-state index contributed by atoms with van der Waals surface area (Å²) in [5, 5.41) is 10.9. The van der Waals surface area contributed by atoms with Crippen molar-refractivity contribution in [1.29, 1.82) is 0 Å². The van der Waals surface area contributed by atoms with E-state index in [1.807, 2.05) is 0 Å². The van der Waals surface area contributed by atoms with Crippen LogP contribution in [0.4, 0.5) is 22.7 Å². The van der Waals surface area contributed by atoms with Gasteiger partial charge in [-0.05, 0) is 45.0 Å². The van der Waals surface area contributed by atoms with Crippen molar-refractivity contribution in [2.45, 2.75) is 0 Å². The Morgan fingerprint density at radius 3 is 2.00 bits per heavy atom. The van der Waals surface area contributed by atoms with E-state index in [1.54, 1.807) is 0 Å². The summed E-state index contributed by atoms with van der Waals surface area (Å²) in [4.78, 5) is 55.8. The molecule has 106 valence electrons. The summed E-state index contributed by atoms with van der Waals surface area (Å²) in [5.41, 5.74) is -0.877. The zero-order valence-electron chi connectivity index (χ0n) is 10.6. The highest BCUT2D eigenvalue weighted by Gasteiger charge is 2.34.